The highest BCUT2D eigenvalue weighted by molar-refractivity contribution is 7.98. The van der Waals surface area contributed by atoms with E-state index in [0.717, 1.165) is 76.5 Å². The van der Waals surface area contributed by atoms with Gasteiger partial charge < -0.3 is 21.1 Å². The van der Waals surface area contributed by atoms with Crippen molar-refractivity contribution in [1.82, 2.24) is 16.0 Å². The molecule has 4 saturated carbocycles. The first-order valence-corrected chi connectivity index (χ1v) is 19.5. The summed E-state index contributed by atoms with van der Waals surface area (Å²) >= 11 is 7.23. The number of rotatable bonds is 8. The van der Waals surface area contributed by atoms with Gasteiger partial charge >= 0.3 is 0 Å². The zero-order valence-corrected chi connectivity index (χ0v) is 31.0. The Labute approximate surface area is 282 Å². The third-order valence-electron chi connectivity index (χ3n) is 14.6. The van der Waals surface area contributed by atoms with Crippen LogP contribution in [0, 0.1) is 50.2 Å². The van der Waals surface area contributed by atoms with E-state index in [1.165, 1.54) is 5.57 Å². The topological polar surface area (TPSA) is 90.5 Å². The van der Waals surface area contributed by atoms with Crippen LogP contribution in [0.5, 0.6) is 0 Å². The number of thioether (sulfide) groups is 1. The number of hydrogen-bond acceptors (Lipinski definition) is 5. The highest BCUT2D eigenvalue weighted by atomic mass is 32.2. The number of aliphatic hydroxyl groups is 1. The lowest BCUT2D eigenvalue weighted by Gasteiger charge is -2.70. The molecule has 5 aliphatic carbocycles. The molecule has 8 heteroatoms. The summed E-state index contributed by atoms with van der Waals surface area (Å²) in [7, 11) is 0. The summed E-state index contributed by atoms with van der Waals surface area (Å²) in [6.45, 7) is 18.3. The van der Waals surface area contributed by atoms with E-state index in [1.807, 2.05) is 11.8 Å². The molecule has 45 heavy (non-hydrogen) atoms. The number of nitrogens with one attached hydrogen (secondary N) is 3. The predicted molar refractivity (Wildman–Crippen MR) is 190 cm³/mol. The predicted octanol–water partition coefficient (Wildman–Crippen LogP) is 6.66. The summed E-state index contributed by atoms with van der Waals surface area (Å²) in [5, 5.41) is 21.3. The van der Waals surface area contributed by atoms with E-state index in [4.69, 9.17) is 12.2 Å². The molecule has 0 aromatic heterocycles. The van der Waals surface area contributed by atoms with Gasteiger partial charge in [-0.05, 0) is 133 Å². The molecule has 0 spiro atoms. The first-order valence-electron chi connectivity index (χ1n) is 17.7. The summed E-state index contributed by atoms with van der Waals surface area (Å²) in [5.41, 5.74) is 0.504. The molecule has 4 N–H and O–H groups in total. The Kier molecular flexibility index (Phi) is 9.70. The lowest BCUT2D eigenvalue weighted by atomic mass is 9.33. The van der Waals surface area contributed by atoms with Crippen molar-refractivity contribution in [2.45, 2.75) is 119 Å². The molecule has 254 valence electrons. The van der Waals surface area contributed by atoms with Crippen molar-refractivity contribution in [2.75, 3.05) is 31.6 Å². The maximum absolute atomic E-state index is 14.5. The fourth-order valence-electron chi connectivity index (χ4n) is 11.4. The molecule has 0 radical (unpaired) electrons. The van der Waals surface area contributed by atoms with Gasteiger partial charge in [0.05, 0.1) is 6.10 Å². The number of ketones is 1. The van der Waals surface area contributed by atoms with E-state index in [1.54, 1.807) is 0 Å². The molecule has 1 amide bonds. The molecule has 0 aromatic rings. The van der Waals surface area contributed by atoms with Crippen LogP contribution in [-0.2, 0) is 9.59 Å². The highest BCUT2D eigenvalue weighted by Gasteiger charge is 2.70. The Hall–Kier alpha value is -1.12. The number of hydrogen-bond donors (Lipinski definition) is 4. The van der Waals surface area contributed by atoms with Crippen LogP contribution >= 0.6 is 24.0 Å². The van der Waals surface area contributed by atoms with Crippen molar-refractivity contribution in [3.05, 3.63) is 11.6 Å². The van der Waals surface area contributed by atoms with Crippen LogP contribution in [0.3, 0.4) is 0 Å². The summed E-state index contributed by atoms with van der Waals surface area (Å²) in [4.78, 5) is 28.3. The van der Waals surface area contributed by atoms with Crippen LogP contribution in [0.2, 0.25) is 0 Å². The number of carbonyl (C=O) groups is 2. The molecule has 0 unspecified atom stereocenters. The minimum Gasteiger partial charge on any atom is -0.393 e. The summed E-state index contributed by atoms with van der Waals surface area (Å²) in [6, 6.07) is 0. The smallest absolute Gasteiger partial charge is 0.226 e. The molecule has 6 nitrogen and oxygen atoms in total. The maximum Gasteiger partial charge on any atom is 0.226 e. The summed E-state index contributed by atoms with van der Waals surface area (Å²) in [5.74, 6) is 2.09. The molecule has 5 rings (SSSR count). The van der Waals surface area contributed by atoms with Gasteiger partial charge in [-0.25, -0.2) is 0 Å². The molecule has 0 saturated heterocycles. The maximum atomic E-state index is 14.5. The number of fused-ring (bicyclic) bond motifs is 7. The fraction of sp³-hybridized carbons (Fsp3) is 0.865. The third kappa shape index (κ3) is 5.72. The molecule has 0 bridgehead atoms. The lowest BCUT2D eigenvalue weighted by molar-refractivity contribution is -0.202. The Morgan fingerprint density at radius 3 is 2.31 bits per heavy atom. The Morgan fingerprint density at radius 2 is 1.60 bits per heavy atom. The second kappa shape index (κ2) is 12.4. The average molecular weight is 660 g/mol. The second-order valence-electron chi connectivity index (χ2n) is 17.4. The van der Waals surface area contributed by atoms with E-state index in [-0.39, 0.29) is 50.9 Å². The largest absolute Gasteiger partial charge is 0.393 e. The number of carbonyl (C=O) groups excluding carboxylic acids is 2. The van der Waals surface area contributed by atoms with Gasteiger partial charge in [-0.1, -0.05) is 54.0 Å². The quantitative estimate of drug-likeness (QED) is 0.171. The number of amides is 1. The summed E-state index contributed by atoms with van der Waals surface area (Å²) in [6.07, 6.45) is 13.7. The van der Waals surface area contributed by atoms with Crippen molar-refractivity contribution < 1.29 is 14.7 Å². The zero-order valence-electron chi connectivity index (χ0n) is 29.4. The van der Waals surface area contributed by atoms with Crippen molar-refractivity contribution in [1.29, 1.82) is 0 Å². The molecule has 0 aromatic carbocycles. The van der Waals surface area contributed by atoms with Gasteiger partial charge in [0.15, 0.2) is 10.9 Å². The third-order valence-corrected chi connectivity index (χ3v) is 15.6. The number of thiocarbonyl (C=S) groups is 1. The molecule has 4 fully saturated rings. The van der Waals surface area contributed by atoms with Gasteiger partial charge in [0.1, 0.15) is 0 Å². The summed E-state index contributed by atoms with van der Waals surface area (Å²) < 4.78 is 0. The van der Waals surface area contributed by atoms with E-state index < -0.39 is 5.41 Å². The van der Waals surface area contributed by atoms with Crippen molar-refractivity contribution in [3.63, 3.8) is 0 Å². The van der Waals surface area contributed by atoms with Crippen LogP contribution in [0.25, 0.3) is 0 Å². The van der Waals surface area contributed by atoms with Crippen molar-refractivity contribution in [2.24, 2.45) is 50.2 Å². The molecular weight excluding hydrogens is 599 g/mol. The van der Waals surface area contributed by atoms with E-state index in [2.05, 4.69) is 76.7 Å². The number of allylic oxidation sites excluding steroid dienone is 2. The number of aliphatic hydroxyl groups excluding tert-OH is 1. The zero-order chi connectivity index (χ0) is 33.1. The van der Waals surface area contributed by atoms with Crippen LogP contribution in [0.4, 0.5) is 0 Å². The van der Waals surface area contributed by atoms with Crippen molar-refractivity contribution >= 4 is 40.8 Å². The van der Waals surface area contributed by atoms with Gasteiger partial charge in [-0.15, -0.1) is 0 Å². The van der Waals surface area contributed by atoms with Crippen LogP contribution in [-0.4, -0.2) is 59.7 Å². The van der Waals surface area contributed by atoms with Crippen molar-refractivity contribution in [3.8, 4) is 0 Å². The monoisotopic (exact) mass is 659 g/mol. The van der Waals surface area contributed by atoms with Gasteiger partial charge in [-0.3, -0.25) is 9.59 Å². The van der Waals surface area contributed by atoms with Crippen LogP contribution in [0.1, 0.15) is 113 Å². The molecule has 0 aliphatic heterocycles. The second-order valence-corrected chi connectivity index (χ2v) is 18.8. The Morgan fingerprint density at radius 1 is 0.933 bits per heavy atom. The standard InChI is InChI=1S/C37H61N3O3S2/c1-32(2)27-10-13-37(7)29(35(27,5)12-11-28(32)42)26(41)22-24-25-23-34(4,15-14-33(25,3)16-17-36(24,37)6)30(43)38-19-20-40-31(44)39-18-9-21-45-8/h22,25,27-29,42H,9-21,23H2,1-8H3,(H,38,43)(H2,39,40,44)/t25-,27-,28-,29+,33+,34-,35-,36+,37+/m0/s1. The molecule has 5 aliphatic rings. The molecule has 0 heterocycles. The average Bonchev–Trinajstić information content (AvgIpc) is 2.97. The molecule has 9 atom stereocenters. The Bertz CT molecular complexity index is 1220. The van der Waals surface area contributed by atoms with Gasteiger partial charge in [0, 0.05) is 31.0 Å². The minimum atomic E-state index is -0.464. The van der Waals surface area contributed by atoms with E-state index in [0.29, 0.717) is 29.9 Å². The van der Waals surface area contributed by atoms with Crippen LogP contribution < -0.4 is 16.0 Å². The fourth-order valence-corrected chi connectivity index (χ4v) is 12.1. The highest BCUT2D eigenvalue weighted by Crippen LogP contribution is 2.75. The van der Waals surface area contributed by atoms with Gasteiger partial charge in [0.2, 0.25) is 5.91 Å². The minimum absolute atomic E-state index is 0.0227. The van der Waals surface area contributed by atoms with E-state index in [9.17, 15) is 14.7 Å². The molecular formula is C37H61N3O3S2. The lowest BCUT2D eigenvalue weighted by Crippen LogP contribution is -2.66. The Balaban J connectivity index is 1.33. The first-order chi connectivity index (χ1) is 21.0. The normalized spacial score (nSPS) is 43.5. The first kappa shape index (κ1) is 35.2. The van der Waals surface area contributed by atoms with Crippen LogP contribution in [0.15, 0.2) is 11.6 Å². The van der Waals surface area contributed by atoms with Gasteiger partial charge in [0.25, 0.3) is 0 Å². The SMILES string of the molecule is CSCCCNC(=S)NCCNC(=O)[C@@]1(C)CC[C@]2(C)CC[C@]3(C)C(=CC(=O)[C@@H]4[C@@]5(C)CC[C@H](O)C(C)(C)[C@@H]5CC[C@]43C)[C@@H]2C1. The van der Waals surface area contributed by atoms with E-state index >= 15 is 0 Å². The van der Waals surface area contributed by atoms with Gasteiger partial charge in [-0.2, -0.15) is 11.8 Å².